The van der Waals surface area contributed by atoms with Gasteiger partial charge in [0.25, 0.3) is 17.7 Å². The minimum Gasteiger partial charge on any atom is -0.352 e. The van der Waals surface area contributed by atoms with Crippen LogP contribution in [0.4, 0.5) is 0 Å². The lowest BCUT2D eigenvalue weighted by atomic mass is 10.1. The molecule has 3 aromatic rings. The number of hydrogen-bond acceptors (Lipinski definition) is 5. The summed E-state index contributed by atoms with van der Waals surface area (Å²) in [6, 6.07) is 13.7. The summed E-state index contributed by atoms with van der Waals surface area (Å²) in [5, 5.41) is 10.8. The first kappa shape index (κ1) is 19.5. The van der Waals surface area contributed by atoms with Crippen molar-refractivity contribution in [3.8, 4) is 0 Å². The van der Waals surface area contributed by atoms with Crippen LogP contribution >= 0.6 is 0 Å². The van der Waals surface area contributed by atoms with Gasteiger partial charge in [-0.25, -0.2) is 0 Å². The highest BCUT2D eigenvalue weighted by Gasteiger charge is 2.34. The van der Waals surface area contributed by atoms with E-state index in [2.05, 4.69) is 15.5 Å². The van der Waals surface area contributed by atoms with Gasteiger partial charge >= 0.3 is 0 Å². The van der Waals surface area contributed by atoms with Crippen LogP contribution in [0.25, 0.3) is 0 Å². The number of imide groups is 1. The van der Waals surface area contributed by atoms with Crippen molar-refractivity contribution in [2.24, 2.45) is 0 Å². The average molecular weight is 403 g/mol. The third kappa shape index (κ3) is 3.71. The summed E-state index contributed by atoms with van der Waals surface area (Å²) < 4.78 is 1.93. The number of hydrogen-bond donors (Lipinski definition) is 1. The Hall–Kier alpha value is -3.81. The highest BCUT2D eigenvalue weighted by atomic mass is 16.2. The van der Waals surface area contributed by atoms with Crippen LogP contribution in [0.15, 0.2) is 54.9 Å². The lowest BCUT2D eigenvalue weighted by Crippen LogP contribution is -2.29. The van der Waals surface area contributed by atoms with Crippen LogP contribution in [-0.4, -0.2) is 43.9 Å². The quantitative estimate of drug-likeness (QED) is 0.609. The van der Waals surface area contributed by atoms with E-state index in [1.54, 1.807) is 54.9 Å². The molecule has 0 bridgehead atoms. The molecule has 0 radical (unpaired) electrons. The van der Waals surface area contributed by atoms with Gasteiger partial charge in [0.15, 0.2) is 0 Å². The first-order chi connectivity index (χ1) is 14.6. The molecule has 0 saturated heterocycles. The second-order valence-corrected chi connectivity index (χ2v) is 6.98. The van der Waals surface area contributed by atoms with Gasteiger partial charge in [-0.2, -0.15) is 0 Å². The summed E-state index contributed by atoms with van der Waals surface area (Å²) in [5.41, 5.74) is 2.01. The zero-order chi connectivity index (χ0) is 21.1. The fourth-order valence-electron chi connectivity index (χ4n) is 3.50. The highest BCUT2D eigenvalue weighted by Crippen LogP contribution is 2.24. The number of fused-ring (bicyclic) bond motifs is 1. The number of nitrogens with zero attached hydrogens (tertiary/aromatic N) is 4. The zero-order valence-corrected chi connectivity index (χ0v) is 16.5. The van der Waals surface area contributed by atoms with Gasteiger partial charge in [0.05, 0.1) is 17.7 Å². The Morgan fingerprint density at radius 1 is 1.03 bits per heavy atom. The second-order valence-electron chi connectivity index (χ2n) is 6.98. The Morgan fingerprint density at radius 2 is 1.77 bits per heavy atom. The molecule has 8 nitrogen and oxygen atoms in total. The molecule has 0 fully saturated rings. The largest absolute Gasteiger partial charge is 0.352 e. The van der Waals surface area contributed by atoms with E-state index in [4.69, 9.17) is 0 Å². The first-order valence-corrected chi connectivity index (χ1v) is 9.77. The molecular weight excluding hydrogens is 382 g/mol. The number of carbonyl (C=O) groups is 3. The number of aromatic nitrogens is 3. The van der Waals surface area contributed by atoms with E-state index in [0.717, 1.165) is 12.4 Å². The lowest BCUT2D eigenvalue weighted by molar-refractivity contribution is 0.0642. The normalized spacial score (nSPS) is 12.9. The molecular formula is C22H21N5O3. The minimum absolute atomic E-state index is 0.118. The molecule has 3 amide bonds. The molecule has 4 rings (SSSR count). The molecule has 2 aromatic carbocycles. The summed E-state index contributed by atoms with van der Waals surface area (Å²) in [7, 11) is 0. The van der Waals surface area contributed by atoms with Gasteiger partial charge in [-0.05, 0) is 36.8 Å². The average Bonchev–Trinajstić information content (AvgIpc) is 3.32. The predicted molar refractivity (Wildman–Crippen MR) is 109 cm³/mol. The van der Waals surface area contributed by atoms with Gasteiger partial charge in [-0.3, -0.25) is 19.3 Å². The van der Waals surface area contributed by atoms with Crippen LogP contribution in [0.5, 0.6) is 0 Å². The molecule has 1 aromatic heterocycles. The summed E-state index contributed by atoms with van der Waals surface area (Å²) in [5.74, 6) is -0.0325. The maximum Gasteiger partial charge on any atom is 0.261 e. The SMILES string of the molecule is CCn1cnnc1CCNC(=O)c1cccc(CN2C(=O)c3ccccc3C2=O)c1. The summed E-state index contributed by atoms with van der Waals surface area (Å²) in [4.78, 5) is 38.8. The summed E-state index contributed by atoms with van der Waals surface area (Å²) in [6.45, 7) is 3.33. The molecule has 152 valence electrons. The lowest BCUT2D eigenvalue weighted by Gasteiger charge is -2.14. The van der Waals surface area contributed by atoms with Crippen LogP contribution < -0.4 is 5.32 Å². The number of benzene rings is 2. The van der Waals surface area contributed by atoms with E-state index in [9.17, 15) is 14.4 Å². The zero-order valence-electron chi connectivity index (χ0n) is 16.5. The number of aryl methyl sites for hydroxylation is 1. The van der Waals surface area contributed by atoms with Crippen LogP contribution in [-0.2, 0) is 19.5 Å². The maximum atomic E-state index is 12.5. The number of amides is 3. The molecule has 1 aliphatic rings. The molecule has 0 atom stereocenters. The summed E-state index contributed by atoms with van der Waals surface area (Å²) >= 11 is 0. The van der Waals surface area contributed by atoms with Crippen molar-refractivity contribution in [3.05, 3.63) is 82.9 Å². The van der Waals surface area contributed by atoms with Crippen molar-refractivity contribution in [2.45, 2.75) is 26.4 Å². The Kier molecular flexibility index (Phi) is 5.38. The second kappa shape index (κ2) is 8.28. The van der Waals surface area contributed by atoms with Gasteiger partial charge < -0.3 is 9.88 Å². The molecule has 0 aliphatic carbocycles. The fraction of sp³-hybridized carbons (Fsp3) is 0.227. The van der Waals surface area contributed by atoms with Crippen molar-refractivity contribution in [3.63, 3.8) is 0 Å². The van der Waals surface area contributed by atoms with Gasteiger partial charge in [0, 0.05) is 25.1 Å². The van der Waals surface area contributed by atoms with E-state index in [0.29, 0.717) is 35.2 Å². The predicted octanol–water partition coefficient (Wildman–Crippen LogP) is 2.07. The Labute approximate surface area is 173 Å². The highest BCUT2D eigenvalue weighted by molar-refractivity contribution is 6.21. The summed E-state index contributed by atoms with van der Waals surface area (Å²) in [6.07, 6.45) is 2.24. The standard InChI is InChI=1S/C22H21N5O3/c1-2-26-14-24-25-19(26)10-11-23-20(28)16-7-5-6-15(12-16)13-27-21(29)17-8-3-4-9-18(17)22(27)30/h3-9,12,14H,2,10-11,13H2,1H3,(H,23,28). The van der Waals surface area contributed by atoms with E-state index in [-0.39, 0.29) is 24.3 Å². The minimum atomic E-state index is -0.314. The monoisotopic (exact) mass is 403 g/mol. The number of nitrogens with one attached hydrogen (secondary N) is 1. The van der Waals surface area contributed by atoms with Crippen molar-refractivity contribution < 1.29 is 14.4 Å². The van der Waals surface area contributed by atoms with E-state index < -0.39 is 0 Å². The molecule has 0 spiro atoms. The van der Waals surface area contributed by atoms with Crippen LogP contribution in [0, 0.1) is 0 Å². The van der Waals surface area contributed by atoms with E-state index in [1.165, 1.54) is 4.90 Å². The van der Waals surface area contributed by atoms with E-state index in [1.807, 2.05) is 11.5 Å². The Morgan fingerprint density at radius 3 is 2.47 bits per heavy atom. The van der Waals surface area contributed by atoms with Crippen LogP contribution in [0.2, 0.25) is 0 Å². The van der Waals surface area contributed by atoms with Crippen molar-refractivity contribution in [2.75, 3.05) is 6.54 Å². The number of rotatable bonds is 7. The third-order valence-corrected chi connectivity index (χ3v) is 5.08. The molecule has 1 aliphatic heterocycles. The molecule has 0 saturated carbocycles. The van der Waals surface area contributed by atoms with Crippen LogP contribution in [0.3, 0.4) is 0 Å². The van der Waals surface area contributed by atoms with Crippen molar-refractivity contribution in [1.29, 1.82) is 0 Å². The Bertz CT molecular complexity index is 1090. The van der Waals surface area contributed by atoms with Crippen LogP contribution in [0.1, 0.15) is 49.4 Å². The Balaban J connectivity index is 1.40. The molecule has 2 heterocycles. The molecule has 8 heteroatoms. The van der Waals surface area contributed by atoms with Gasteiger partial charge in [-0.15, -0.1) is 10.2 Å². The van der Waals surface area contributed by atoms with E-state index >= 15 is 0 Å². The topological polar surface area (TPSA) is 97.2 Å². The maximum absolute atomic E-state index is 12.5. The smallest absolute Gasteiger partial charge is 0.261 e. The molecule has 0 unspecified atom stereocenters. The van der Waals surface area contributed by atoms with Gasteiger partial charge in [-0.1, -0.05) is 24.3 Å². The number of carbonyl (C=O) groups excluding carboxylic acids is 3. The van der Waals surface area contributed by atoms with Gasteiger partial charge in [0.2, 0.25) is 0 Å². The van der Waals surface area contributed by atoms with Crippen molar-refractivity contribution in [1.82, 2.24) is 25.0 Å². The van der Waals surface area contributed by atoms with Crippen molar-refractivity contribution >= 4 is 17.7 Å². The first-order valence-electron chi connectivity index (χ1n) is 9.77. The molecule has 1 N–H and O–H groups in total. The fourth-order valence-corrected chi connectivity index (χ4v) is 3.50. The van der Waals surface area contributed by atoms with Gasteiger partial charge in [0.1, 0.15) is 12.2 Å². The molecule has 30 heavy (non-hydrogen) atoms. The third-order valence-electron chi connectivity index (χ3n) is 5.08.